The molecule has 3 nitrogen and oxygen atoms in total. The van der Waals surface area contributed by atoms with E-state index in [0.29, 0.717) is 25.0 Å². The van der Waals surface area contributed by atoms with Gasteiger partial charge in [-0.1, -0.05) is 44.2 Å². The van der Waals surface area contributed by atoms with Gasteiger partial charge in [-0.2, -0.15) is 0 Å². The van der Waals surface area contributed by atoms with Crippen LogP contribution in [-0.4, -0.2) is 32.8 Å². The number of hydrogen-bond donors (Lipinski definition) is 2. The summed E-state index contributed by atoms with van der Waals surface area (Å²) >= 11 is 1.33. The highest BCUT2D eigenvalue weighted by Crippen LogP contribution is 2.25. The number of carbonyl (C=O) groups is 1. The Bertz CT molecular complexity index is 388. The minimum absolute atomic E-state index is 0.462. The molecular weight excluding hydrogens is 260 g/mol. The fraction of sp³-hybridized carbons (Fsp3) is 0.533. The van der Waals surface area contributed by atoms with Gasteiger partial charge in [0.1, 0.15) is 5.25 Å². The fourth-order valence-corrected chi connectivity index (χ4v) is 3.13. The number of carboxylic acid groups (broad SMARTS) is 1. The topological polar surface area (TPSA) is 57.5 Å². The van der Waals surface area contributed by atoms with Crippen molar-refractivity contribution >= 4 is 17.7 Å². The Morgan fingerprint density at radius 1 is 1.26 bits per heavy atom. The molecule has 0 aliphatic rings. The quantitative estimate of drug-likeness (QED) is 0.769. The van der Waals surface area contributed by atoms with Crippen molar-refractivity contribution in [3.63, 3.8) is 0 Å². The second kappa shape index (κ2) is 7.56. The Labute approximate surface area is 119 Å². The van der Waals surface area contributed by atoms with Crippen molar-refractivity contribution in [3.05, 3.63) is 35.9 Å². The number of hydrogen-bond acceptors (Lipinski definition) is 3. The van der Waals surface area contributed by atoms with Crippen LogP contribution in [0.1, 0.15) is 32.3 Å². The largest absolute Gasteiger partial charge is 0.480 e. The van der Waals surface area contributed by atoms with Crippen molar-refractivity contribution in [2.45, 2.75) is 44.0 Å². The van der Waals surface area contributed by atoms with Gasteiger partial charge in [-0.3, -0.25) is 4.79 Å². The van der Waals surface area contributed by atoms with Crippen LogP contribution in [0.3, 0.4) is 0 Å². The fourth-order valence-electron chi connectivity index (χ4n) is 1.76. The summed E-state index contributed by atoms with van der Waals surface area (Å²) in [5, 5.41) is 19.0. The average molecular weight is 282 g/mol. The highest BCUT2D eigenvalue weighted by molar-refractivity contribution is 8.00. The van der Waals surface area contributed by atoms with Crippen molar-refractivity contribution < 1.29 is 15.0 Å². The molecule has 1 unspecified atom stereocenters. The van der Waals surface area contributed by atoms with Gasteiger partial charge >= 0.3 is 5.97 Å². The Balaban J connectivity index is 2.62. The summed E-state index contributed by atoms with van der Waals surface area (Å²) < 4.78 is 0. The highest BCUT2D eigenvalue weighted by Gasteiger charge is 2.27. The van der Waals surface area contributed by atoms with Crippen LogP contribution in [0.25, 0.3) is 0 Å². The molecule has 0 bridgehead atoms. The van der Waals surface area contributed by atoms with Gasteiger partial charge in [-0.15, -0.1) is 11.8 Å². The van der Waals surface area contributed by atoms with Gasteiger partial charge in [0, 0.05) is 5.75 Å². The molecule has 0 spiro atoms. The Kier molecular flexibility index (Phi) is 6.38. The first kappa shape index (κ1) is 16.1. The first-order valence-corrected chi connectivity index (χ1v) is 7.66. The molecule has 0 saturated heterocycles. The molecule has 0 aromatic heterocycles. The second-order valence-electron chi connectivity index (χ2n) is 4.76. The molecule has 0 saturated carbocycles. The number of carboxylic acids is 1. The molecular formula is C15H22O3S. The van der Waals surface area contributed by atoms with Crippen LogP contribution in [0.2, 0.25) is 0 Å². The molecule has 1 rings (SSSR count). The molecule has 0 amide bonds. The zero-order chi connectivity index (χ0) is 14.3. The van der Waals surface area contributed by atoms with Crippen molar-refractivity contribution in [2.75, 3.05) is 5.75 Å². The number of rotatable bonds is 8. The van der Waals surface area contributed by atoms with Gasteiger partial charge in [0.05, 0.1) is 5.60 Å². The summed E-state index contributed by atoms with van der Waals surface area (Å²) in [6, 6.07) is 9.60. The van der Waals surface area contributed by atoms with Gasteiger partial charge in [0.2, 0.25) is 0 Å². The molecule has 19 heavy (non-hydrogen) atoms. The first-order valence-electron chi connectivity index (χ1n) is 6.61. The molecule has 1 aromatic rings. The van der Waals surface area contributed by atoms with E-state index >= 15 is 0 Å². The molecule has 106 valence electrons. The van der Waals surface area contributed by atoms with Crippen LogP contribution >= 0.6 is 11.8 Å². The van der Waals surface area contributed by atoms with Gasteiger partial charge in [-0.25, -0.2) is 0 Å². The van der Waals surface area contributed by atoms with Gasteiger partial charge in [0.25, 0.3) is 0 Å². The zero-order valence-electron chi connectivity index (χ0n) is 11.5. The molecule has 0 aliphatic heterocycles. The zero-order valence-corrected chi connectivity index (χ0v) is 12.3. The number of aliphatic hydroxyl groups is 1. The summed E-state index contributed by atoms with van der Waals surface area (Å²) in [6.07, 6.45) is 1.78. The molecule has 0 fully saturated rings. The van der Waals surface area contributed by atoms with E-state index in [1.54, 1.807) is 0 Å². The summed E-state index contributed by atoms with van der Waals surface area (Å²) in [5.74, 6) is -0.354. The minimum atomic E-state index is -0.816. The van der Waals surface area contributed by atoms with E-state index in [1.165, 1.54) is 11.8 Å². The predicted molar refractivity (Wildman–Crippen MR) is 79.6 cm³/mol. The predicted octanol–water partition coefficient (Wildman–Crippen LogP) is 2.97. The highest BCUT2D eigenvalue weighted by atomic mass is 32.2. The molecule has 0 radical (unpaired) electrons. The number of aliphatic carboxylic acids is 1. The smallest absolute Gasteiger partial charge is 0.316 e. The molecule has 1 atom stereocenters. The standard InChI is InChI=1S/C15H22O3S/c1-3-15(18,4-2)11-19-13(14(16)17)10-12-8-6-5-7-9-12/h5-9,13,18H,3-4,10-11H2,1-2H3,(H,16,17). The molecule has 2 N–H and O–H groups in total. The Morgan fingerprint density at radius 2 is 1.84 bits per heavy atom. The van der Waals surface area contributed by atoms with Crippen LogP contribution in [0.15, 0.2) is 30.3 Å². The number of benzene rings is 1. The third-order valence-electron chi connectivity index (χ3n) is 3.41. The second-order valence-corrected chi connectivity index (χ2v) is 5.95. The Morgan fingerprint density at radius 3 is 2.32 bits per heavy atom. The molecule has 0 heterocycles. The summed E-state index contributed by atoms with van der Waals surface area (Å²) in [6.45, 7) is 3.86. The molecule has 0 aliphatic carbocycles. The monoisotopic (exact) mass is 282 g/mol. The first-order chi connectivity index (χ1) is 9.00. The van der Waals surface area contributed by atoms with Gasteiger partial charge in [-0.05, 0) is 24.8 Å². The van der Waals surface area contributed by atoms with E-state index < -0.39 is 16.8 Å². The maximum absolute atomic E-state index is 11.3. The SMILES string of the molecule is CCC(O)(CC)CSC(Cc1ccccc1)C(=O)O. The lowest BCUT2D eigenvalue weighted by atomic mass is 10.0. The van der Waals surface area contributed by atoms with Crippen LogP contribution in [0, 0.1) is 0 Å². The van der Waals surface area contributed by atoms with E-state index in [1.807, 2.05) is 44.2 Å². The van der Waals surface area contributed by atoms with Crippen LogP contribution in [-0.2, 0) is 11.2 Å². The van der Waals surface area contributed by atoms with Crippen LogP contribution in [0.4, 0.5) is 0 Å². The van der Waals surface area contributed by atoms with Gasteiger partial charge in [0.15, 0.2) is 0 Å². The van der Waals surface area contributed by atoms with E-state index in [2.05, 4.69) is 0 Å². The summed E-state index contributed by atoms with van der Waals surface area (Å²) in [4.78, 5) is 11.3. The van der Waals surface area contributed by atoms with E-state index in [0.717, 1.165) is 5.56 Å². The molecule has 4 heteroatoms. The number of thioether (sulfide) groups is 1. The van der Waals surface area contributed by atoms with Crippen LogP contribution < -0.4 is 0 Å². The lowest BCUT2D eigenvalue weighted by molar-refractivity contribution is -0.136. The minimum Gasteiger partial charge on any atom is -0.480 e. The normalized spacial score (nSPS) is 13.2. The summed E-state index contributed by atoms with van der Waals surface area (Å²) in [7, 11) is 0. The average Bonchev–Trinajstić information content (AvgIpc) is 2.44. The van der Waals surface area contributed by atoms with Crippen molar-refractivity contribution in [2.24, 2.45) is 0 Å². The third kappa shape index (κ3) is 5.25. The molecule has 1 aromatic carbocycles. The van der Waals surface area contributed by atoms with E-state index in [9.17, 15) is 15.0 Å². The maximum Gasteiger partial charge on any atom is 0.316 e. The Hall–Kier alpha value is -1.00. The van der Waals surface area contributed by atoms with Gasteiger partial charge < -0.3 is 10.2 Å². The van der Waals surface area contributed by atoms with Crippen molar-refractivity contribution in [3.8, 4) is 0 Å². The third-order valence-corrected chi connectivity index (χ3v) is 4.88. The lowest BCUT2D eigenvalue weighted by Gasteiger charge is -2.26. The van der Waals surface area contributed by atoms with Crippen molar-refractivity contribution in [1.29, 1.82) is 0 Å². The van der Waals surface area contributed by atoms with Crippen LogP contribution in [0.5, 0.6) is 0 Å². The maximum atomic E-state index is 11.3. The van der Waals surface area contributed by atoms with E-state index in [-0.39, 0.29) is 0 Å². The van der Waals surface area contributed by atoms with Crippen molar-refractivity contribution in [1.82, 2.24) is 0 Å². The van der Waals surface area contributed by atoms with E-state index in [4.69, 9.17) is 0 Å². The lowest BCUT2D eigenvalue weighted by Crippen LogP contribution is -2.32. The summed E-state index contributed by atoms with van der Waals surface area (Å²) in [5.41, 5.74) is 0.258.